The van der Waals surface area contributed by atoms with E-state index in [1.54, 1.807) is 13.0 Å². The lowest BCUT2D eigenvalue weighted by Gasteiger charge is -2.32. The Kier molecular flexibility index (Phi) is 7.49. The van der Waals surface area contributed by atoms with E-state index in [9.17, 15) is 16.8 Å². The van der Waals surface area contributed by atoms with Crippen LogP contribution in [-0.4, -0.2) is 48.4 Å². The second-order valence-corrected chi connectivity index (χ2v) is 9.98. The fourth-order valence-electron chi connectivity index (χ4n) is 3.15. The van der Waals surface area contributed by atoms with Gasteiger partial charge in [0, 0.05) is 18.2 Å². The summed E-state index contributed by atoms with van der Waals surface area (Å²) in [5.41, 5.74) is 0. The van der Waals surface area contributed by atoms with E-state index >= 15 is 0 Å². The zero-order chi connectivity index (χ0) is 20.1. The molecule has 0 amide bonds. The van der Waals surface area contributed by atoms with E-state index in [1.807, 2.05) is 6.92 Å². The molecule has 1 aromatic carbocycles. The van der Waals surface area contributed by atoms with Crippen molar-refractivity contribution in [1.29, 1.82) is 0 Å². The summed E-state index contributed by atoms with van der Waals surface area (Å²) in [5, 5.41) is 0. The number of sulfonamides is 2. The van der Waals surface area contributed by atoms with E-state index in [1.165, 1.54) is 12.1 Å². The minimum absolute atomic E-state index is 0.0538. The molecule has 0 radical (unpaired) electrons. The molecule has 27 heavy (non-hydrogen) atoms. The second-order valence-electron chi connectivity index (χ2n) is 6.48. The van der Waals surface area contributed by atoms with Crippen LogP contribution >= 0.6 is 0 Å². The summed E-state index contributed by atoms with van der Waals surface area (Å²) in [6.45, 7) is 4.45. The molecule has 2 rings (SSSR count). The third-order valence-corrected chi connectivity index (χ3v) is 6.48. The Bertz CT molecular complexity index is 839. The van der Waals surface area contributed by atoms with Gasteiger partial charge in [-0.25, -0.2) is 26.3 Å². The van der Waals surface area contributed by atoms with Gasteiger partial charge in [0.2, 0.25) is 20.0 Å². The van der Waals surface area contributed by atoms with Crippen molar-refractivity contribution in [3.63, 3.8) is 0 Å². The highest BCUT2D eigenvalue weighted by atomic mass is 32.2. The molecule has 1 fully saturated rings. The Labute approximate surface area is 161 Å². The van der Waals surface area contributed by atoms with Crippen molar-refractivity contribution < 1.29 is 26.3 Å². The van der Waals surface area contributed by atoms with E-state index in [2.05, 4.69) is 9.44 Å². The van der Waals surface area contributed by atoms with Crippen LogP contribution in [0.25, 0.3) is 0 Å². The molecule has 1 aliphatic carbocycles. The SMILES string of the molecule is CCOc1ccc(S(=O)(=O)N[C@H]2CCCC[C@H]2NS(C)(=O)=O)cc1OCC. The zero-order valence-corrected chi connectivity index (χ0v) is 17.5. The van der Waals surface area contributed by atoms with Gasteiger partial charge in [-0.3, -0.25) is 0 Å². The maximum absolute atomic E-state index is 12.9. The van der Waals surface area contributed by atoms with E-state index in [-0.39, 0.29) is 4.90 Å². The summed E-state index contributed by atoms with van der Waals surface area (Å²) in [6, 6.07) is 3.49. The Morgan fingerprint density at radius 2 is 1.48 bits per heavy atom. The van der Waals surface area contributed by atoms with Crippen LogP contribution in [0.1, 0.15) is 39.5 Å². The van der Waals surface area contributed by atoms with Crippen molar-refractivity contribution in [2.75, 3.05) is 19.5 Å². The van der Waals surface area contributed by atoms with Crippen LogP contribution in [0.4, 0.5) is 0 Å². The number of ether oxygens (including phenoxy) is 2. The van der Waals surface area contributed by atoms with E-state index in [0.717, 1.165) is 19.1 Å². The van der Waals surface area contributed by atoms with Gasteiger partial charge >= 0.3 is 0 Å². The number of hydrogen-bond donors (Lipinski definition) is 2. The quantitative estimate of drug-likeness (QED) is 0.628. The van der Waals surface area contributed by atoms with Crippen LogP contribution in [0, 0.1) is 0 Å². The Morgan fingerprint density at radius 3 is 2.04 bits per heavy atom. The maximum atomic E-state index is 12.9. The molecule has 0 spiro atoms. The molecule has 0 bridgehead atoms. The molecule has 0 saturated heterocycles. The molecule has 2 atom stereocenters. The van der Waals surface area contributed by atoms with Crippen LogP contribution in [0.5, 0.6) is 11.5 Å². The average Bonchev–Trinajstić information content (AvgIpc) is 2.57. The first-order valence-electron chi connectivity index (χ1n) is 9.05. The van der Waals surface area contributed by atoms with Crippen LogP contribution < -0.4 is 18.9 Å². The number of nitrogens with one attached hydrogen (secondary N) is 2. The first kappa shape index (κ1) is 21.9. The van der Waals surface area contributed by atoms with Crippen LogP contribution in [0.15, 0.2) is 23.1 Å². The molecular formula is C17H28N2O6S2. The highest BCUT2D eigenvalue weighted by molar-refractivity contribution is 7.89. The lowest BCUT2D eigenvalue weighted by Crippen LogP contribution is -2.52. The summed E-state index contributed by atoms with van der Waals surface area (Å²) in [4.78, 5) is 0.0538. The van der Waals surface area contributed by atoms with Crippen LogP contribution in [0.2, 0.25) is 0 Å². The lowest BCUT2D eigenvalue weighted by atomic mass is 9.92. The molecule has 0 aliphatic heterocycles. The summed E-state index contributed by atoms with van der Waals surface area (Å²) in [5.74, 6) is 0.837. The average molecular weight is 421 g/mol. The third kappa shape index (κ3) is 6.34. The zero-order valence-electron chi connectivity index (χ0n) is 15.9. The fourth-order valence-corrected chi connectivity index (χ4v) is 5.31. The smallest absolute Gasteiger partial charge is 0.241 e. The molecule has 0 heterocycles. The molecule has 1 aliphatic rings. The van der Waals surface area contributed by atoms with Crippen molar-refractivity contribution in [3.8, 4) is 11.5 Å². The van der Waals surface area contributed by atoms with E-state index in [0.29, 0.717) is 37.6 Å². The topological polar surface area (TPSA) is 111 Å². The van der Waals surface area contributed by atoms with E-state index < -0.39 is 32.1 Å². The Hall–Kier alpha value is -1.36. The predicted molar refractivity (Wildman–Crippen MR) is 103 cm³/mol. The molecule has 1 saturated carbocycles. The summed E-state index contributed by atoms with van der Waals surface area (Å²) < 4.78 is 65.0. The molecule has 154 valence electrons. The monoisotopic (exact) mass is 420 g/mol. The van der Waals surface area contributed by atoms with Gasteiger partial charge in [0.25, 0.3) is 0 Å². The van der Waals surface area contributed by atoms with Crippen molar-refractivity contribution in [3.05, 3.63) is 18.2 Å². The van der Waals surface area contributed by atoms with Crippen molar-refractivity contribution in [2.45, 2.75) is 56.5 Å². The second kappa shape index (κ2) is 9.22. The summed E-state index contributed by atoms with van der Waals surface area (Å²) >= 11 is 0. The Balaban J connectivity index is 2.25. The molecule has 0 unspecified atom stereocenters. The normalized spacial score (nSPS) is 21.0. The third-order valence-electron chi connectivity index (χ3n) is 4.26. The maximum Gasteiger partial charge on any atom is 0.241 e. The largest absolute Gasteiger partial charge is 0.490 e. The van der Waals surface area contributed by atoms with Gasteiger partial charge in [-0.05, 0) is 38.8 Å². The number of rotatable bonds is 9. The summed E-state index contributed by atoms with van der Waals surface area (Å²) in [6.07, 6.45) is 3.93. The van der Waals surface area contributed by atoms with Gasteiger partial charge in [0.05, 0.1) is 24.4 Å². The molecular weight excluding hydrogens is 392 g/mol. The van der Waals surface area contributed by atoms with Gasteiger partial charge in [-0.2, -0.15) is 0 Å². The van der Waals surface area contributed by atoms with Crippen LogP contribution in [-0.2, 0) is 20.0 Å². The predicted octanol–water partition coefficient (Wildman–Crippen LogP) is 1.62. The molecule has 0 aromatic heterocycles. The Morgan fingerprint density at radius 1 is 0.926 bits per heavy atom. The van der Waals surface area contributed by atoms with Gasteiger partial charge in [0.15, 0.2) is 11.5 Å². The van der Waals surface area contributed by atoms with Gasteiger partial charge < -0.3 is 9.47 Å². The molecule has 10 heteroatoms. The standard InChI is InChI=1S/C17H28N2O6S2/c1-4-24-16-11-10-13(12-17(16)25-5-2)27(22,23)19-15-9-7-6-8-14(15)18-26(3,20)21/h10-12,14-15,18-19H,4-9H2,1-3H3/t14-,15+/m1/s1. The number of benzene rings is 1. The summed E-state index contributed by atoms with van der Waals surface area (Å²) in [7, 11) is -7.27. The first-order valence-corrected chi connectivity index (χ1v) is 12.4. The highest BCUT2D eigenvalue weighted by Crippen LogP contribution is 2.31. The first-order chi connectivity index (χ1) is 12.7. The fraction of sp³-hybridized carbons (Fsp3) is 0.647. The van der Waals surface area contributed by atoms with E-state index in [4.69, 9.17) is 9.47 Å². The molecule has 8 nitrogen and oxygen atoms in total. The minimum atomic E-state index is -3.84. The molecule has 2 N–H and O–H groups in total. The van der Waals surface area contributed by atoms with Crippen LogP contribution in [0.3, 0.4) is 0 Å². The minimum Gasteiger partial charge on any atom is -0.490 e. The van der Waals surface area contributed by atoms with Crippen molar-refractivity contribution in [2.24, 2.45) is 0 Å². The highest BCUT2D eigenvalue weighted by Gasteiger charge is 2.31. The van der Waals surface area contributed by atoms with Gasteiger partial charge in [-0.1, -0.05) is 12.8 Å². The van der Waals surface area contributed by atoms with Crippen molar-refractivity contribution in [1.82, 2.24) is 9.44 Å². The lowest BCUT2D eigenvalue weighted by molar-refractivity contribution is 0.287. The van der Waals surface area contributed by atoms with Gasteiger partial charge in [-0.15, -0.1) is 0 Å². The molecule has 1 aromatic rings. The number of hydrogen-bond acceptors (Lipinski definition) is 6. The van der Waals surface area contributed by atoms with Crippen molar-refractivity contribution >= 4 is 20.0 Å². The van der Waals surface area contributed by atoms with Gasteiger partial charge in [0.1, 0.15) is 0 Å².